The van der Waals surface area contributed by atoms with Gasteiger partial charge in [-0.3, -0.25) is 4.57 Å². The lowest BCUT2D eigenvalue weighted by Gasteiger charge is -2.37. The SMILES string of the molecule is O=P(F)(N1CCCCC1)N1CCCCC1. The van der Waals surface area contributed by atoms with E-state index in [9.17, 15) is 8.76 Å². The van der Waals surface area contributed by atoms with Crippen molar-refractivity contribution < 1.29 is 8.76 Å². The molecule has 0 spiro atoms. The largest absolute Gasteiger partial charge is 0.382 e. The smallest absolute Gasteiger partial charge is 0.250 e. The summed E-state index contributed by atoms with van der Waals surface area (Å²) in [5.41, 5.74) is 0. The van der Waals surface area contributed by atoms with Gasteiger partial charge in [0.2, 0.25) is 0 Å². The van der Waals surface area contributed by atoms with Crippen molar-refractivity contribution in [1.82, 2.24) is 9.34 Å². The third kappa shape index (κ3) is 2.61. The Morgan fingerprint density at radius 1 is 0.733 bits per heavy atom. The van der Waals surface area contributed by atoms with E-state index in [1.54, 1.807) is 9.34 Å². The van der Waals surface area contributed by atoms with E-state index in [0.717, 1.165) is 38.5 Å². The molecule has 2 fully saturated rings. The van der Waals surface area contributed by atoms with Gasteiger partial charge in [0.25, 0.3) is 0 Å². The predicted molar refractivity (Wildman–Crippen MR) is 59.6 cm³/mol. The Bertz CT molecular complexity index is 228. The van der Waals surface area contributed by atoms with Crippen LogP contribution in [0.2, 0.25) is 0 Å². The van der Waals surface area contributed by atoms with Gasteiger partial charge in [0, 0.05) is 26.2 Å². The Morgan fingerprint density at radius 3 is 1.40 bits per heavy atom. The normalized spacial score (nSPS) is 26.7. The van der Waals surface area contributed by atoms with E-state index in [-0.39, 0.29) is 0 Å². The standard InChI is InChI=1S/C10H20FN2OP/c11-15(14,12-7-3-1-4-8-12)13-9-5-2-6-10-13/h1-10H2. The average Bonchev–Trinajstić information content (AvgIpc) is 2.31. The molecule has 0 atom stereocenters. The second kappa shape index (κ2) is 4.94. The van der Waals surface area contributed by atoms with Crippen LogP contribution in [0.1, 0.15) is 38.5 Å². The summed E-state index contributed by atoms with van der Waals surface area (Å²) in [5.74, 6) is 0. The van der Waals surface area contributed by atoms with Crippen LogP contribution >= 0.6 is 7.75 Å². The summed E-state index contributed by atoms with van der Waals surface area (Å²) in [4.78, 5) is 0. The molecule has 88 valence electrons. The number of piperidine rings is 2. The molecule has 0 aliphatic carbocycles. The summed E-state index contributed by atoms with van der Waals surface area (Å²) >= 11 is 0. The molecule has 2 aliphatic rings. The molecular formula is C10H20FN2OP. The lowest BCUT2D eigenvalue weighted by atomic mass is 10.2. The molecule has 0 aromatic heterocycles. The summed E-state index contributed by atoms with van der Waals surface area (Å²) in [6.45, 7) is 2.68. The van der Waals surface area contributed by atoms with Crippen molar-refractivity contribution in [2.24, 2.45) is 0 Å². The fraction of sp³-hybridized carbons (Fsp3) is 1.00. The van der Waals surface area contributed by atoms with Crippen molar-refractivity contribution in [3.8, 4) is 0 Å². The molecule has 0 N–H and O–H groups in total. The summed E-state index contributed by atoms with van der Waals surface area (Å²) in [5, 5.41) is 0. The van der Waals surface area contributed by atoms with Crippen LogP contribution in [0, 0.1) is 0 Å². The lowest BCUT2D eigenvalue weighted by Crippen LogP contribution is -2.35. The minimum absolute atomic E-state index is 0.671. The zero-order valence-corrected chi connectivity index (χ0v) is 10.1. The Balaban J connectivity index is 1.99. The molecule has 0 amide bonds. The van der Waals surface area contributed by atoms with Crippen molar-refractivity contribution in [3.05, 3.63) is 0 Å². The van der Waals surface area contributed by atoms with Crippen LogP contribution in [0.4, 0.5) is 4.20 Å². The first kappa shape index (κ1) is 11.6. The molecule has 15 heavy (non-hydrogen) atoms. The minimum Gasteiger partial charge on any atom is -0.250 e. The Morgan fingerprint density at radius 2 is 1.07 bits per heavy atom. The van der Waals surface area contributed by atoms with Crippen LogP contribution in [-0.4, -0.2) is 35.5 Å². The number of rotatable bonds is 2. The molecule has 2 heterocycles. The second-order valence-electron chi connectivity index (χ2n) is 4.50. The number of hydrogen-bond acceptors (Lipinski definition) is 1. The van der Waals surface area contributed by atoms with Gasteiger partial charge in [-0.1, -0.05) is 12.8 Å². The highest BCUT2D eigenvalue weighted by Gasteiger charge is 2.38. The first-order valence-electron chi connectivity index (χ1n) is 6.02. The van der Waals surface area contributed by atoms with Crippen molar-refractivity contribution in [2.75, 3.05) is 26.2 Å². The average molecular weight is 234 g/mol. The van der Waals surface area contributed by atoms with Crippen LogP contribution in [0.3, 0.4) is 0 Å². The fourth-order valence-electron chi connectivity index (χ4n) is 2.43. The molecule has 0 aromatic rings. The van der Waals surface area contributed by atoms with E-state index in [4.69, 9.17) is 0 Å². The summed E-state index contributed by atoms with van der Waals surface area (Å²) < 4.78 is 29.5. The maximum Gasteiger partial charge on any atom is 0.382 e. The lowest BCUT2D eigenvalue weighted by molar-refractivity contribution is 0.252. The van der Waals surface area contributed by atoms with E-state index >= 15 is 0 Å². The minimum atomic E-state index is -3.68. The molecule has 0 unspecified atom stereocenters. The van der Waals surface area contributed by atoms with E-state index in [2.05, 4.69) is 0 Å². The molecule has 0 radical (unpaired) electrons. The second-order valence-corrected chi connectivity index (χ2v) is 6.58. The van der Waals surface area contributed by atoms with Crippen molar-refractivity contribution >= 4 is 7.75 Å². The zero-order chi connectivity index (χ0) is 10.7. The van der Waals surface area contributed by atoms with Gasteiger partial charge in [-0.05, 0) is 25.7 Å². The van der Waals surface area contributed by atoms with E-state index in [0.29, 0.717) is 26.2 Å². The maximum absolute atomic E-state index is 14.3. The van der Waals surface area contributed by atoms with Gasteiger partial charge < -0.3 is 0 Å². The third-order valence-corrected chi connectivity index (χ3v) is 5.56. The monoisotopic (exact) mass is 234 g/mol. The number of nitrogens with zero attached hydrogens (tertiary/aromatic N) is 2. The van der Waals surface area contributed by atoms with Crippen molar-refractivity contribution in [3.63, 3.8) is 0 Å². The van der Waals surface area contributed by atoms with Gasteiger partial charge >= 0.3 is 7.75 Å². The van der Waals surface area contributed by atoms with Crippen LogP contribution in [-0.2, 0) is 4.57 Å². The van der Waals surface area contributed by atoms with E-state index in [1.165, 1.54) is 0 Å². The van der Waals surface area contributed by atoms with Gasteiger partial charge in [-0.15, -0.1) is 0 Å². The Labute approximate surface area is 91.2 Å². The predicted octanol–water partition coefficient (Wildman–Crippen LogP) is 3.04. The van der Waals surface area contributed by atoms with Gasteiger partial charge in [-0.2, -0.15) is 4.20 Å². The van der Waals surface area contributed by atoms with Crippen LogP contribution in [0.25, 0.3) is 0 Å². The highest BCUT2D eigenvalue weighted by Crippen LogP contribution is 2.56. The van der Waals surface area contributed by atoms with Crippen LogP contribution in [0.5, 0.6) is 0 Å². The van der Waals surface area contributed by atoms with Gasteiger partial charge in [0.05, 0.1) is 0 Å². The number of hydrogen-bond donors (Lipinski definition) is 0. The Hall–Kier alpha value is 0.0800. The summed E-state index contributed by atoms with van der Waals surface area (Å²) in [7, 11) is -3.68. The zero-order valence-electron chi connectivity index (χ0n) is 9.20. The summed E-state index contributed by atoms with van der Waals surface area (Å²) in [6, 6.07) is 0. The molecule has 2 rings (SSSR count). The van der Waals surface area contributed by atoms with Gasteiger partial charge in [0.15, 0.2) is 0 Å². The molecule has 2 aliphatic heterocycles. The maximum atomic E-state index is 14.3. The molecular weight excluding hydrogens is 214 g/mol. The van der Waals surface area contributed by atoms with E-state index < -0.39 is 7.75 Å². The molecule has 0 saturated carbocycles. The highest BCUT2D eigenvalue weighted by molar-refractivity contribution is 7.53. The van der Waals surface area contributed by atoms with Crippen LogP contribution in [0.15, 0.2) is 0 Å². The molecule has 0 aromatic carbocycles. The topological polar surface area (TPSA) is 23.6 Å². The Kier molecular flexibility index (Phi) is 3.81. The van der Waals surface area contributed by atoms with Gasteiger partial charge in [-0.25, -0.2) is 9.34 Å². The van der Waals surface area contributed by atoms with E-state index in [1.807, 2.05) is 0 Å². The van der Waals surface area contributed by atoms with Gasteiger partial charge in [0.1, 0.15) is 0 Å². The first-order valence-corrected chi connectivity index (χ1v) is 7.52. The molecule has 3 nitrogen and oxygen atoms in total. The molecule has 5 heteroatoms. The highest BCUT2D eigenvalue weighted by atomic mass is 31.2. The molecule has 2 saturated heterocycles. The summed E-state index contributed by atoms with van der Waals surface area (Å²) in [6.07, 6.45) is 6.25. The van der Waals surface area contributed by atoms with Crippen LogP contribution < -0.4 is 0 Å². The van der Waals surface area contributed by atoms with Crippen molar-refractivity contribution in [1.29, 1.82) is 0 Å². The quantitative estimate of drug-likeness (QED) is 0.686. The number of halogens is 1. The third-order valence-electron chi connectivity index (χ3n) is 3.36. The first-order chi connectivity index (χ1) is 7.21. The molecule has 0 bridgehead atoms. The van der Waals surface area contributed by atoms with Crippen molar-refractivity contribution in [2.45, 2.75) is 38.5 Å². The fourth-order valence-corrected chi connectivity index (χ4v) is 4.34.